The third-order valence-corrected chi connectivity index (χ3v) is 1.70. The Hall–Kier alpha value is -1.06. The zero-order chi connectivity index (χ0) is 9.19. The van der Waals surface area contributed by atoms with E-state index in [1.165, 1.54) is 6.08 Å². The number of aldehydes is 1. The second-order valence-electron chi connectivity index (χ2n) is 2.50. The molecule has 1 aliphatic carbocycles. The van der Waals surface area contributed by atoms with Crippen molar-refractivity contribution < 1.29 is 18.0 Å². The van der Waals surface area contributed by atoms with E-state index in [2.05, 4.69) is 0 Å². The van der Waals surface area contributed by atoms with Gasteiger partial charge in [0.25, 0.3) is 0 Å². The van der Waals surface area contributed by atoms with Gasteiger partial charge in [-0.1, -0.05) is 12.2 Å². The number of rotatable bonds is 1. The first kappa shape index (κ1) is 9.03. The average Bonchev–Trinajstić information content (AvgIpc) is 2.03. The summed E-state index contributed by atoms with van der Waals surface area (Å²) >= 11 is 0. The summed E-state index contributed by atoms with van der Waals surface area (Å²) in [5.41, 5.74) is -0.856. The Bertz CT molecular complexity index is 248. The molecule has 0 saturated carbocycles. The summed E-state index contributed by atoms with van der Waals surface area (Å²) in [5.74, 6) is 0. The van der Waals surface area contributed by atoms with Gasteiger partial charge in [-0.15, -0.1) is 0 Å². The largest absolute Gasteiger partial charge is 0.413 e. The molecule has 12 heavy (non-hydrogen) atoms. The number of carbonyl (C=O) groups excluding carboxylic acids is 1. The molecule has 0 spiro atoms. The van der Waals surface area contributed by atoms with Crippen molar-refractivity contribution >= 4 is 6.29 Å². The minimum absolute atomic E-state index is 0.0956. The van der Waals surface area contributed by atoms with Crippen molar-refractivity contribution in [2.24, 2.45) is 0 Å². The van der Waals surface area contributed by atoms with Gasteiger partial charge in [-0.3, -0.25) is 4.79 Å². The number of hydrogen-bond acceptors (Lipinski definition) is 1. The van der Waals surface area contributed by atoms with Crippen LogP contribution in [0.2, 0.25) is 0 Å². The Morgan fingerprint density at radius 1 is 1.25 bits per heavy atom. The summed E-state index contributed by atoms with van der Waals surface area (Å²) in [6.07, 6.45) is -1.17. The van der Waals surface area contributed by atoms with Crippen LogP contribution in [0.25, 0.3) is 0 Å². The maximum atomic E-state index is 12.1. The van der Waals surface area contributed by atoms with Crippen LogP contribution in [0.4, 0.5) is 13.2 Å². The molecule has 0 aliphatic heterocycles. The summed E-state index contributed by atoms with van der Waals surface area (Å²) < 4.78 is 36.4. The van der Waals surface area contributed by atoms with Gasteiger partial charge >= 0.3 is 6.18 Å². The molecule has 1 rings (SSSR count). The van der Waals surface area contributed by atoms with Gasteiger partial charge in [-0.2, -0.15) is 13.2 Å². The molecule has 0 bridgehead atoms. The highest BCUT2D eigenvalue weighted by Crippen LogP contribution is 2.33. The van der Waals surface area contributed by atoms with Crippen molar-refractivity contribution in [2.45, 2.75) is 19.0 Å². The maximum absolute atomic E-state index is 12.1. The van der Waals surface area contributed by atoms with Gasteiger partial charge in [-0.05, 0) is 12.8 Å². The molecular formula is C8H7F3O. The minimum atomic E-state index is -4.36. The molecule has 1 nitrogen and oxygen atoms in total. The van der Waals surface area contributed by atoms with E-state index in [9.17, 15) is 18.0 Å². The lowest BCUT2D eigenvalue weighted by Gasteiger charge is -2.15. The molecule has 4 heteroatoms. The smallest absolute Gasteiger partial charge is 0.298 e. The third-order valence-electron chi connectivity index (χ3n) is 1.70. The van der Waals surface area contributed by atoms with E-state index < -0.39 is 11.7 Å². The maximum Gasteiger partial charge on any atom is 0.413 e. The molecule has 0 N–H and O–H groups in total. The van der Waals surface area contributed by atoms with Crippen molar-refractivity contribution in [1.82, 2.24) is 0 Å². The SMILES string of the molecule is O=CC1=C(C(F)(F)F)CC=CC1. The Morgan fingerprint density at radius 2 is 1.83 bits per heavy atom. The van der Waals surface area contributed by atoms with Gasteiger partial charge in [0.15, 0.2) is 0 Å². The molecule has 0 atom stereocenters. The summed E-state index contributed by atoms with van der Waals surface area (Å²) in [6, 6.07) is 0. The third kappa shape index (κ3) is 1.75. The van der Waals surface area contributed by atoms with Crippen molar-refractivity contribution in [3.8, 4) is 0 Å². The predicted octanol–water partition coefficient (Wildman–Crippen LogP) is 2.39. The highest BCUT2D eigenvalue weighted by atomic mass is 19.4. The monoisotopic (exact) mass is 176 g/mol. The summed E-state index contributed by atoms with van der Waals surface area (Å²) in [6.45, 7) is 0. The lowest BCUT2D eigenvalue weighted by molar-refractivity contribution is -0.108. The lowest BCUT2D eigenvalue weighted by Crippen LogP contribution is -2.16. The molecule has 0 heterocycles. The van der Waals surface area contributed by atoms with Gasteiger partial charge in [0.2, 0.25) is 0 Å². The molecule has 0 amide bonds. The minimum Gasteiger partial charge on any atom is -0.298 e. The van der Waals surface area contributed by atoms with E-state index in [-0.39, 0.29) is 24.7 Å². The summed E-state index contributed by atoms with van der Waals surface area (Å²) in [4.78, 5) is 10.2. The summed E-state index contributed by atoms with van der Waals surface area (Å²) in [7, 11) is 0. The Kier molecular flexibility index (Phi) is 2.35. The van der Waals surface area contributed by atoms with Crippen LogP contribution < -0.4 is 0 Å². The van der Waals surface area contributed by atoms with Crippen LogP contribution in [0.15, 0.2) is 23.3 Å². The van der Waals surface area contributed by atoms with Crippen LogP contribution in [-0.2, 0) is 4.79 Å². The van der Waals surface area contributed by atoms with Crippen molar-refractivity contribution in [1.29, 1.82) is 0 Å². The first-order valence-electron chi connectivity index (χ1n) is 3.45. The lowest BCUT2D eigenvalue weighted by atomic mass is 9.98. The van der Waals surface area contributed by atoms with Crippen LogP contribution in [0.3, 0.4) is 0 Å². The van der Waals surface area contributed by atoms with E-state index in [1.807, 2.05) is 0 Å². The van der Waals surface area contributed by atoms with Crippen molar-refractivity contribution in [3.63, 3.8) is 0 Å². The molecular weight excluding hydrogens is 169 g/mol. The van der Waals surface area contributed by atoms with Crippen LogP contribution in [0.5, 0.6) is 0 Å². The fourth-order valence-electron chi connectivity index (χ4n) is 1.08. The Morgan fingerprint density at radius 3 is 2.25 bits per heavy atom. The van der Waals surface area contributed by atoms with Gasteiger partial charge in [0, 0.05) is 11.1 Å². The fraction of sp³-hybridized carbons (Fsp3) is 0.375. The van der Waals surface area contributed by atoms with E-state index in [1.54, 1.807) is 6.08 Å². The van der Waals surface area contributed by atoms with Crippen molar-refractivity contribution in [3.05, 3.63) is 23.3 Å². The average molecular weight is 176 g/mol. The van der Waals surface area contributed by atoms with Gasteiger partial charge in [0.05, 0.1) is 0 Å². The topological polar surface area (TPSA) is 17.1 Å². The second kappa shape index (κ2) is 3.13. The highest BCUT2D eigenvalue weighted by Gasteiger charge is 2.35. The molecule has 0 radical (unpaired) electrons. The normalized spacial score (nSPS) is 18.2. The molecule has 66 valence electrons. The molecule has 0 saturated heterocycles. The molecule has 0 fully saturated rings. The number of halogens is 3. The van der Waals surface area contributed by atoms with E-state index in [0.717, 1.165) is 0 Å². The molecule has 1 aliphatic rings. The quantitative estimate of drug-likeness (QED) is 0.443. The van der Waals surface area contributed by atoms with E-state index in [0.29, 0.717) is 0 Å². The number of carbonyl (C=O) groups is 1. The van der Waals surface area contributed by atoms with Crippen molar-refractivity contribution in [2.75, 3.05) is 0 Å². The number of hydrogen-bond donors (Lipinski definition) is 0. The Balaban J connectivity index is 2.97. The van der Waals surface area contributed by atoms with Crippen LogP contribution in [0, 0.1) is 0 Å². The molecule has 0 aromatic heterocycles. The van der Waals surface area contributed by atoms with Crippen LogP contribution >= 0.6 is 0 Å². The second-order valence-corrected chi connectivity index (χ2v) is 2.50. The van der Waals surface area contributed by atoms with E-state index in [4.69, 9.17) is 0 Å². The van der Waals surface area contributed by atoms with Gasteiger partial charge in [0.1, 0.15) is 6.29 Å². The van der Waals surface area contributed by atoms with Crippen LogP contribution in [0.1, 0.15) is 12.8 Å². The molecule has 0 aromatic rings. The van der Waals surface area contributed by atoms with Crippen LogP contribution in [-0.4, -0.2) is 12.5 Å². The first-order chi connectivity index (χ1) is 5.55. The number of alkyl halides is 3. The van der Waals surface area contributed by atoms with E-state index >= 15 is 0 Å². The fourth-order valence-corrected chi connectivity index (χ4v) is 1.08. The zero-order valence-electron chi connectivity index (χ0n) is 6.19. The zero-order valence-corrected chi connectivity index (χ0v) is 6.19. The standard InChI is InChI=1S/C8H7F3O/c9-8(10,11)7-4-2-1-3-6(7)5-12/h1-2,5H,3-4H2. The number of allylic oxidation sites excluding steroid dienone is 4. The van der Waals surface area contributed by atoms with Gasteiger partial charge in [-0.25, -0.2) is 0 Å². The van der Waals surface area contributed by atoms with Gasteiger partial charge < -0.3 is 0 Å². The molecule has 0 unspecified atom stereocenters. The Labute approximate surface area is 67.6 Å². The summed E-state index contributed by atoms with van der Waals surface area (Å²) in [5, 5.41) is 0. The predicted molar refractivity (Wildman–Crippen MR) is 37.5 cm³/mol. The highest BCUT2D eigenvalue weighted by molar-refractivity contribution is 5.76. The molecule has 0 aromatic carbocycles. The first-order valence-corrected chi connectivity index (χ1v) is 3.45.